The fourth-order valence-electron chi connectivity index (χ4n) is 3.99. The van der Waals surface area contributed by atoms with E-state index in [0.29, 0.717) is 52.7 Å². The molecule has 0 radical (unpaired) electrons. The van der Waals surface area contributed by atoms with E-state index in [4.69, 9.17) is 5.73 Å². The number of anilines is 3. The van der Waals surface area contributed by atoms with Gasteiger partial charge in [-0.2, -0.15) is 14.3 Å². The van der Waals surface area contributed by atoms with Crippen molar-refractivity contribution in [2.75, 3.05) is 17.7 Å². The summed E-state index contributed by atoms with van der Waals surface area (Å²) in [6.07, 6.45) is 11.4. The second kappa shape index (κ2) is 10.8. The van der Waals surface area contributed by atoms with Crippen molar-refractivity contribution in [3.05, 3.63) is 59.9 Å². The molecular formula is C26H28FN9O2S. The van der Waals surface area contributed by atoms with Crippen molar-refractivity contribution in [1.29, 1.82) is 0 Å². The molecule has 39 heavy (non-hydrogen) atoms. The van der Waals surface area contributed by atoms with Crippen LogP contribution in [0.2, 0.25) is 0 Å². The Kier molecular flexibility index (Phi) is 7.30. The number of halogens is 1. The quantitative estimate of drug-likeness (QED) is 0.300. The molecule has 13 heteroatoms. The lowest BCUT2D eigenvalue weighted by atomic mass is 9.95. The van der Waals surface area contributed by atoms with Gasteiger partial charge in [-0.1, -0.05) is 25.7 Å². The van der Waals surface area contributed by atoms with Gasteiger partial charge in [-0.15, -0.1) is 0 Å². The first-order valence-corrected chi connectivity index (χ1v) is 14.1. The number of aromatic nitrogens is 7. The zero-order valence-corrected chi connectivity index (χ0v) is 22.4. The molecule has 0 spiro atoms. The predicted molar refractivity (Wildman–Crippen MR) is 145 cm³/mol. The van der Waals surface area contributed by atoms with Crippen molar-refractivity contribution in [2.45, 2.75) is 50.8 Å². The third-order valence-electron chi connectivity index (χ3n) is 6.48. The van der Waals surface area contributed by atoms with Crippen molar-refractivity contribution in [3.8, 4) is 23.2 Å². The Hall–Kier alpha value is -4.31. The lowest BCUT2D eigenvalue weighted by Gasteiger charge is -2.18. The van der Waals surface area contributed by atoms with Crippen molar-refractivity contribution in [2.24, 2.45) is 0 Å². The number of nitrogen functional groups attached to an aromatic ring is 1. The zero-order valence-electron chi connectivity index (χ0n) is 21.5. The van der Waals surface area contributed by atoms with E-state index in [1.165, 1.54) is 17.1 Å². The van der Waals surface area contributed by atoms with Crippen LogP contribution >= 0.6 is 0 Å². The van der Waals surface area contributed by atoms with Gasteiger partial charge >= 0.3 is 0 Å². The molecule has 0 aliphatic heterocycles. The monoisotopic (exact) mass is 549 g/mol. The van der Waals surface area contributed by atoms with Gasteiger partial charge in [0.25, 0.3) is 10.0 Å². The molecule has 0 aromatic carbocycles. The number of hydrogen-bond donors (Lipinski definition) is 2. The minimum Gasteiger partial charge on any atom is -0.397 e. The van der Waals surface area contributed by atoms with Crippen LogP contribution in [-0.2, 0) is 16.6 Å². The molecule has 1 saturated carbocycles. The smallest absolute Gasteiger partial charge is 0.256 e. The zero-order chi connectivity index (χ0) is 27.6. The van der Waals surface area contributed by atoms with Gasteiger partial charge in [0.15, 0.2) is 5.82 Å². The third-order valence-corrected chi connectivity index (χ3v) is 8.51. The summed E-state index contributed by atoms with van der Waals surface area (Å²) in [6, 6.07) is 1.69. The SMILES string of the molecule is CCC(C)c1c(Nc2ccnc(-c3cnn(S(=O)(=O)C4CC4)c3)n2)ncc(C#Cc2cnn(CCF)c2)c1N. The van der Waals surface area contributed by atoms with Crippen molar-refractivity contribution in [1.82, 2.24) is 33.9 Å². The fourth-order valence-corrected chi connectivity index (χ4v) is 5.46. The molecule has 0 amide bonds. The van der Waals surface area contributed by atoms with Crippen LogP contribution in [0.4, 0.5) is 21.7 Å². The number of nitrogens with two attached hydrogens (primary N) is 1. The summed E-state index contributed by atoms with van der Waals surface area (Å²) >= 11 is 0. The fraction of sp³-hybridized carbons (Fsp3) is 0.346. The molecule has 11 nitrogen and oxygen atoms in total. The number of aryl methyl sites for hydroxylation is 1. The molecule has 4 heterocycles. The topological polar surface area (TPSA) is 146 Å². The van der Waals surface area contributed by atoms with Gasteiger partial charge in [0.1, 0.15) is 18.3 Å². The first-order chi connectivity index (χ1) is 18.8. The lowest BCUT2D eigenvalue weighted by molar-refractivity contribution is 0.427. The van der Waals surface area contributed by atoms with Crippen LogP contribution in [0.25, 0.3) is 11.4 Å². The number of pyridine rings is 1. The summed E-state index contributed by atoms with van der Waals surface area (Å²) in [6.45, 7) is 3.78. The van der Waals surface area contributed by atoms with Gasteiger partial charge in [-0.05, 0) is 31.2 Å². The molecule has 202 valence electrons. The van der Waals surface area contributed by atoms with Gasteiger partial charge in [-0.3, -0.25) is 4.68 Å². The largest absolute Gasteiger partial charge is 0.397 e. The van der Waals surface area contributed by atoms with Crippen molar-refractivity contribution >= 4 is 27.3 Å². The van der Waals surface area contributed by atoms with Crippen LogP contribution in [0.15, 0.2) is 43.2 Å². The highest BCUT2D eigenvalue weighted by atomic mass is 32.2. The maximum Gasteiger partial charge on any atom is 0.256 e. The Bertz CT molecular complexity index is 1670. The summed E-state index contributed by atoms with van der Waals surface area (Å²) in [4.78, 5) is 13.4. The average Bonchev–Trinajstić information content (AvgIpc) is 3.51. The van der Waals surface area contributed by atoms with E-state index in [0.717, 1.165) is 16.1 Å². The first-order valence-electron chi connectivity index (χ1n) is 12.6. The van der Waals surface area contributed by atoms with Crippen LogP contribution in [0, 0.1) is 11.8 Å². The lowest BCUT2D eigenvalue weighted by Crippen LogP contribution is -2.17. The summed E-state index contributed by atoms with van der Waals surface area (Å²) < 4.78 is 40.0. The highest BCUT2D eigenvalue weighted by Crippen LogP contribution is 2.34. The number of nitrogens with one attached hydrogen (secondary N) is 1. The Labute approximate surface area is 225 Å². The molecule has 4 aromatic rings. The van der Waals surface area contributed by atoms with Crippen molar-refractivity contribution in [3.63, 3.8) is 0 Å². The predicted octanol–water partition coefficient (Wildman–Crippen LogP) is 3.48. The highest BCUT2D eigenvalue weighted by molar-refractivity contribution is 7.90. The first kappa shape index (κ1) is 26.3. The maximum atomic E-state index is 12.6. The van der Waals surface area contributed by atoms with Crippen LogP contribution < -0.4 is 11.1 Å². The molecule has 0 saturated heterocycles. The van der Waals surface area contributed by atoms with Crippen LogP contribution in [0.3, 0.4) is 0 Å². The molecule has 1 fully saturated rings. The van der Waals surface area contributed by atoms with Gasteiger partial charge in [0.2, 0.25) is 0 Å². The van der Waals surface area contributed by atoms with E-state index in [2.05, 4.69) is 56.2 Å². The Morgan fingerprint density at radius 2 is 2.00 bits per heavy atom. The van der Waals surface area contributed by atoms with Gasteiger partial charge < -0.3 is 11.1 Å². The Morgan fingerprint density at radius 1 is 1.18 bits per heavy atom. The number of alkyl halides is 1. The van der Waals surface area contributed by atoms with Crippen LogP contribution in [0.1, 0.15) is 55.7 Å². The number of rotatable bonds is 9. The van der Waals surface area contributed by atoms with Crippen molar-refractivity contribution < 1.29 is 12.8 Å². The highest BCUT2D eigenvalue weighted by Gasteiger charge is 2.37. The second-order valence-electron chi connectivity index (χ2n) is 9.32. The molecule has 4 aromatic heterocycles. The van der Waals surface area contributed by atoms with Gasteiger partial charge in [0, 0.05) is 24.2 Å². The number of hydrogen-bond acceptors (Lipinski definition) is 9. The number of nitrogens with zero attached hydrogens (tertiary/aromatic N) is 7. The molecule has 0 bridgehead atoms. The van der Waals surface area contributed by atoms with Gasteiger partial charge in [0.05, 0.1) is 52.8 Å². The maximum absolute atomic E-state index is 12.6. The average molecular weight is 550 g/mol. The van der Waals surface area contributed by atoms with E-state index < -0.39 is 16.7 Å². The molecule has 3 N–H and O–H groups in total. The van der Waals surface area contributed by atoms with E-state index in [-0.39, 0.29) is 17.7 Å². The summed E-state index contributed by atoms with van der Waals surface area (Å²) in [5.74, 6) is 7.47. The van der Waals surface area contributed by atoms with E-state index >= 15 is 0 Å². The third kappa shape index (κ3) is 5.61. The standard InChI is InChI=1S/C26H28FN9O2S/c1-3-17(2)23-24(28)19(5-4-18-12-31-35(15-18)11-9-27)13-30-26(23)34-22-8-10-29-25(33-22)20-14-32-36(16-20)39(37,38)21-6-7-21/h8,10,12-17,21H,3,6-7,9,11H2,1-2H3,(H3,28,29,30,33,34). The summed E-state index contributed by atoms with van der Waals surface area (Å²) in [5, 5.41) is 11.0. The molecule has 5 rings (SSSR count). The molecule has 1 unspecified atom stereocenters. The molecular weight excluding hydrogens is 521 g/mol. The summed E-state index contributed by atoms with van der Waals surface area (Å²) in [5.41, 5.74) is 9.59. The second-order valence-corrected chi connectivity index (χ2v) is 11.4. The summed E-state index contributed by atoms with van der Waals surface area (Å²) in [7, 11) is -3.48. The molecule has 1 aliphatic carbocycles. The molecule has 1 atom stereocenters. The van der Waals surface area contributed by atoms with Crippen LogP contribution in [0.5, 0.6) is 0 Å². The molecule has 1 aliphatic rings. The van der Waals surface area contributed by atoms with E-state index in [9.17, 15) is 12.8 Å². The van der Waals surface area contributed by atoms with Crippen LogP contribution in [-0.4, -0.2) is 54.3 Å². The normalized spacial score (nSPS) is 14.0. The Balaban J connectivity index is 1.42. The minimum atomic E-state index is -3.48. The minimum absolute atomic E-state index is 0.0706. The van der Waals surface area contributed by atoms with Gasteiger partial charge in [-0.25, -0.2) is 27.8 Å². The Morgan fingerprint density at radius 3 is 2.74 bits per heavy atom. The van der Waals surface area contributed by atoms with E-state index in [1.807, 2.05) is 0 Å². The van der Waals surface area contributed by atoms with E-state index in [1.54, 1.807) is 30.9 Å².